The van der Waals surface area contributed by atoms with Crippen LogP contribution in [0.15, 0.2) is 30.5 Å². The van der Waals surface area contributed by atoms with Crippen LogP contribution in [0.1, 0.15) is 26.2 Å². The summed E-state index contributed by atoms with van der Waals surface area (Å²) < 4.78 is 0. The molecule has 4 nitrogen and oxygen atoms in total. The minimum atomic E-state index is -0.439. The number of nitrogens with one attached hydrogen (secondary N) is 3. The molecule has 19 heavy (non-hydrogen) atoms. The molecule has 1 atom stereocenters. The fourth-order valence-corrected chi connectivity index (χ4v) is 2.65. The van der Waals surface area contributed by atoms with Crippen molar-refractivity contribution in [1.82, 2.24) is 10.3 Å². The molecule has 1 unspecified atom stereocenters. The van der Waals surface area contributed by atoms with Crippen LogP contribution in [0.25, 0.3) is 10.9 Å². The van der Waals surface area contributed by atoms with Gasteiger partial charge in [0.1, 0.15) is 0 Å². The Labute approximate surface area is 112 Å². The fraction of sp³-hybridized carbons (Fsp3) is 0.400. The SMILES string of the molecule is CC1(C(=O)Nc2ccc3[nH]ccc3c2)CCCCN1. The number of benzene rings is 1. The number of hydrogen-bond donors (Lipinski definition) is 3. The van der Waals surface area contributed by atoms with Crippen molar-refractivity contribution in [3.8, 4) is 0 Å². The van der Waals surface area contributed by atoms with Crippen LogP contribution < -0.4 is 10.6 Å². The van der Waals surface area contributed by atoms with Crippen molar-refractivity contribution < 1.29 is 4.79 Å². The van der Waals surface area contributed by atoms with Crippen molar-refractivity contribution in [2.75, 3.05) is 11.9 Å². The Hall–Kier alpha value is -1.81. The standard InChI is InChI=1S/C15H19N3O/c1-15(7-2-3-8-17-15)14(19)18-12-4-5-13-11(10-12)6-9-16-13/h4-6,9-10,16-17H,2-3,7-8H2,1H3,(H,18,19). The highest BCUT2D eigenvalue weighted by atomic mass is 16.2. The lowest BCUT2D eigenvalue weighted by atomic mass is 9.90. The van der Waals surface area contributed by atoms with Crippen LogP contribution >= 0.6 is 0 Å². The molecule has 4 heteroatoms. The first-order valence-electron chi connectivity index (χ1n) is 6.81. The van der Waals surface area contributed by atoms with Crippen LogP contribution in [0.5, 0.6) is 0 Å². The third-order valence-corrected chi connectivity index (χ3v) is 3.93. The number of anilines is 1. The summed E-state index contributed by atoms with van der Waals surface area (Å²) >= 11 is 0. The molecule has 1 aromatic heterocycles. The molecule has 2 heterocycles. The summed E-state index contributed by atoms with van der Waals surface area (Å²) in [6.07, 6.45) is 5.05. The molecule has 1 aliphatic rings. The molecule has 1 saturated heterocycles. The highest BCUT2D eigenvalue weighted by Crippen LogP contribution is 2.22. The van der Waals surface area contributed by atoms with Gasteiger partial charge in [0.25, 0.3) is 0 Å². The van der Waals surface area contributed by atoms with E-state index in [1.54, 1.807) is 0 Å². The molecule has 0 aliphatic carbocycles. The van der Waals surface area contributed by atoms with Crippen molar-refractivity contribution in [3.63, 3.8) is 0 Å². The van der Waals surface area contributed by atoms with Crippen LogP contribution in [0.4, 0.5) is 5.69 Å². The van der Waals surface area contributed by atoms with E-state index in [-0.39, 0.29) is 5.91 Å². The first kappa shape index (κ1) is 12.2. The van der Waals surface area contributed by atoms with Gasteiger partial charge >= 0.3 is 0 Å². The van der Waals surface area contributed by atoms with Gasteiger partial charge in [0.05, 0.1) is 5.54 Å². The highest BCUT2D eigenvalue weighted by molar-refractivity contribution is 5.99. The molecular formula is C15H19N3O. The molecule has 0 saturated carbocycles. The number of piperidine rings is 1. The first-order valence-corrected chi connectivity index (χ1v) is 6.81. The number of aromatic amines is 1. The maximum Gasteiger partial charge on any atom is 0.244 e. The lowest BCUT2D eigenvalue weighted by Crippen LogP contribution is -2.54. The monoisotopic (exact) mass is 257 g/mol. The predicted octanol–water partition coefficient (Wildman–Crippen LogP) is 2.64. The van der Waals surface area contributed by atoms with Crippen molar-refractivity contribution in [3.05, 3.63) is 30.5 Å². The Balaban J connectivity index is 1.78. The zero-order chi connectivity index (χ0) is 13.3. The van der Waals surface area contributed by atoms with E-state index in [1.807, 2.05) is 37.4 Å². The Morgan fingerprint density at radius 1 is 1.32 bits per heavy atom. The molecular weight excluding hydrogens is 238 g/mol. The first-order chi connectivity index (χ1) is 9.17. The van der Waals surface area contributed by atoms with Gasteiger partial charge in [-0.25, -0.2) is 0 Å². The zero-order valence-electron chi connectivity index (χ0n) is 11.1. The molecule has 0 spiro atoms. The normalized spacial score (nSPS) is 23.4. The summed E-state index contributed by atoms with van der Waals surface area (Å²) in [5.74, 6) is 0.0575. The summed E-state index contributed by atoms with van der Waals surface area (Å²) in [6, 6.07) is 7.92. The summed E-state index contributed by atoms with van der Waals surface area (Å²) in [5.41, 5.74) is 1.50. The number of fused-ring (bicyclic) bond motifs is 1. The Morgan fingerprint density at radius 2 is 2.21 bits per heavy atom. The van der Waals surface area contributed by atoms with E-state index in [0.29, 0.717) is 0 Å². The lowest BCUT2D eigenvalue weighted by Gasteiger charge is -2.33. The minimum Gasteiger partial charge on any atom is -0.361 e. The molecule has 100 valence electrons. The molecule has 3 rings (SSSR count). The highest BCUT2D eigenvalue weighted by Gasteiger charge is 2.34. The topological polar surface area (TPSA) is 56.9 Å². The molecule has 1 aromatic carbocycles. The quantitative estimate of drug-likeness (QED) is 0.774. The van der Waals surface area contributed by atoms with E-state index in [4.69, 9.17) is 0 Å². The van der Waals surface area contributed by atoms with Gasteiger partial charge in [-0.2, -0.15) is 0 Å². The maximum absolute atomic E-state index is 12.4. The smallest absolute Gasteiger partial charge is 0.244 e. The fourth-order valence-electron chi connectivity index (χ4n) is 2.65. The van der Waals surface area contributed by atoms with Crippen LogP contribution in [0.3, 0.4) is 0 Å². The van der Waals surface area contributed by atoms with Gasteiger partial charge < -0.3 is 15.6 Å². The molecule has 3 N–H and O–H groups in total. The number of carbonyl (C=O) groups is 1. The van der Waals surface area contributed by atoms with Gasteiger partial charge in [0.15, 0.2) is 0 Å². The number of rotatable bonds is 2. The van der Waals surface area contributed by atoms with Crippen LogP contribution in [0.2, 0.25) is 0 Å². The maximum atomic E-state index is 12.4. The van der Waals surface area contributed by atoms with Gasteiger partial charge in [-0.15, -0.1) is 0 Å². The van der Waals surface area contributed by atoms with Gasteiger partial charge in [0, 0.05) is 22.8 Å². The average molecular weight is 257 g/mol. The van der Waals surface area contributed by atoms with E-state index < -0.39 is 5.54 Å². The minimum absolute atomic E-state index is 0.0575. The Morgan fingerprint density at radius 3 is 3.00 bits per heavy atom. The second kappa shape index (κ2) is 4.70. The summed E-state index contributed by atoms with van der Waals surface area (Å²) in [6.45, 7) is 2.90. The summed E-state index contributed by atoms with van der Waals surface area (Å²) in [7, 11) is 0. The predicted molar refractivity (Wildman–Crippen MR) is 77.2 cm³/mol. The van der Waals surface area contributed by atoms with Crippen molar-refractivity contribution in [2.24, 2.45) is 0 Å². The van der Waals surface area contributed by atoms with E-state index in [9.17, 15) is 4.79 Å². The van der Waals surface area contributed by atoms with Crippen LogP contribution in [0, 0.1) is 0 Å². The summed E-state index contributed by atoms with van der Waals surface area (Å²) in [5, 5.41) is 7.46. The van der Waals surface area contributed by atoms with Crippen molar-refractivity contribution in [2.45, 2.75) is 31.7 Å². The molecule has 1 fully saturated rings. The molecule has 0 bridgehead atoms. The van der Waals surface area contributed by atoms with E-state index in [0.717, 1.165) is 42.4 Å². The van der Waals surface area contributed by atoms with E-state index >= 15 is 0 Å². The third-order valence-electron chi connectivity index (χ3n) is 3.93. The second-order valence-corrected chi connectivity index (χ2v) is 5.45. The van der Waals surface area contributed by atoms with Crippen LogP contribution in [-0.4, -0.2) is 23.0 Å². The second-order valence-electron chi connectivity index (χ2n) is 5.45. The third kappa shape index (κ3) is 2.36. The molecule has 1 aliphatic heterocycles. The van der Waals surface area contributed by atoms with Crippen molar-refractivity contribution >= 4 is 22.5 Å². The van der Waals surface area contributed by atoms with E-state index in [2.05, 4.69) is 15.6 Å². The number of carbonyl (C=O) groups excluding carboxylic acids is 1. The van der Waals surface area contributed by atoms with Gasteiger partial charge in [-0.3, -0.25) is 4.79 Å². The van der Waals surface area contributed by atoms with Crippen molar-refractivity contribution in [1.29, 1.82) is 0 Å². The number of aromatic nitrogens is 1. The number of amides is 1. The summed E-state index contributed by atoms with van der Waals surface area (Å²) in [4.78, 5) is 15.5. The molecule has 1 amide bonds. The van der Waals surface area contributed by atoms with Gasteiger partial charge in [-0.05, 0) is 57.0 Å². The molecule has 0 radical (unpaired) electrons. The van der Waals surface area contributed by atoms with Gasteiger partial charge in [-0.1, -0.05) is 0 Å². The zero-order valence-corrected chi connectivity index (χ0v) is 11.1. The van der Waals surface area contributed by atoms with Crippen LogP contribution in [-0.2, 0) is 4.79 Å². The van der Waals surface area contributed by atoms with E-state index in [1.165, 1.54) is 0 Å². The lowest BCUT2D eigenvalue weighted by molar-refractivity contribution is -0.122. The largest absolute Gasteiger partial charge is 0.361 e. The Kier molecular flexibility index (Phi) is 3.03. The van der Waals surface area contributed by atoms with Gasteiger partial charge in [0.2, 0.25) is 5.91 Å². The molecule has 2 aromatic rings. The average Bonchev–Trinajstić information content (AvgIpc) is 2.87. The number of hydrogen-bond acceptors (Lipinski definition) is 2. The Bertz CT molecular complexity index is 596. The number of H-pyrrole nitrogens is 1.